The number of hydrogen-bond donors (Lipinski definition) is 3. The van der Waals surface area contributed by atoms with E-state index in [-0.39, 0.29) is 42.1 Å². The first kappa shape index (κ1) is 51.7. The summed E-state index contributed by atoms with van der Waals surface area (Å²) >= 11 is 0. The zero-order chi connectivity index (χ0) is 52.3. The van der Waals surface area contributed by atoms with Crippen molar-refractivity contribution in [3.63, 3.8) is 0 Å². The Morgan fingerprint density at radius 1 is 0.560 bits per heavy atom. The number of piperidine rings is 2. The van der Waals surface area contributed by atoms with Crippen LogP contribution in [0.15, 0.2) is 170 Å². The van der Waals surface area contributed by atoms with E-state index in [2.05, 4.69) is 70.1 Å². The van der Waals surface area contributed by atoms with Gasteiger partial charge >= 0.3 is 6.09 Å². The van der Waals surface area contributed by atoms with Crippen LogP contribution in [0.5, 0.6) is 0 Å². The molecular formula is C61H66N10O4. The van der Waals surface area contributed by atoms with Crippen LogP contribution in [0.3, 0.4) is 0 Å². The lowest BCUT2D eigenvalue weighted by atomic mass is 10.0. The topological polar surface area (TPSA) is 158 Å². The van der Waals surface area contributed by atoms with Gasteiger partial charge in [0, 0.05) is 48.7 Å². The van der Waals surface area contributed by atoms with Crippen molar-refractivity contribution in [3.05, 3.63) is 192 Å². The van der Waals surface area contributed by atoms with Gasteiger partial charge in [-0.25, -0.2) is 14.8 Å². The van der Waals surface area contributed by atoms with Crippen molar-refractivity contribution in [1.82, 2.24) is 30.2 Å². The van der Waals surface area contributed by atoms with Crippen molar-refractivity contribution in [1.29, 1.82) is 0 Å². The minimum absolute atomic E-state index is 0.0202. The first-order chi connectivity index (χ1) is 36.4. The molecule has 0 spiro atoms. The van der Waals surface area contributed by atoms with Gasteiger partial charge in [-0.15, -0.1) is 0 Å². The van der Waals surface area contributed by atoms with Gasteiger partial charge in [0.1, 0.15) is 17.2 Å². The summed E-state index contributed by atoms with van der Waals surface area (Å²) in [5.41, 5.74) is 2.96. The van der Waals surface area contributed by atoms with E-state index in [0.717, 1.165) is 58.6 Å². The maximum Gasteiger partial charge on any atom is 0.410 e. The second-order valence-electron chi connectivity index (χ2n) is 20.2. The van der Waals surface area contributed by atoms with Crippen LogP contribution in [0.2, 0.25) is 0 Å². The normalized spacial score (nSPS) is 15.0. The van der Waals surface area contributed by atoms with E-state index < -0.39 is 5.60 Å². The van der Waals surface area contributed by atoms with E-state index in [9.17, 15) is 14.4 Å². The number of carbonyl (C=O) groups excluding carboxylic acids is 3. The Bertz CT molecular complexity index is 3210. The summed E-state index contributed by atoms with van der Waals surface area (Å²) in [5.74, 6) is 1.95. The summed E-state index contributed by atoms with van der Waals surface area (Å²) in [4.78, 5) is 64.6. The fraction of sp³-hybridized carbons (Fsp3) is 0.295. The van der Waals surface area contributed by atoms with Crippen LogP contribution in [-0.4, -0.2) is 86.6 Å². The van der Waals surface area contributed by atoms with Crippen LogP contribution >= 0.6 is 0 Å². The molecule has 384 valence electrons. The molecule has 0 radical (unpaired) electrons. The number of amides is 3. The van der Waals surface area contributed by atoms with Gasteiger partial charge in [0.15, 0.2) is 0 Å². The third kappa shape index (κ3) is 13.1. The summed E-state index contributed by atoms with van der Waals surface area (Å²) in [7, 11) is 0. The SMILES string of the molecule is C[C@H](Nc1nccc(N(C(=O)c2ccc3ccccc3c2)C2CCN(C(=O)OC(C)(C)C)CC2)n1)c1ccccc1.C[C@H](Nc1nccc(N(C(=O)c2ccc3ccccc3c2)C2CCNCC2)n1)c1ccccc1. The molecule has 0 saturated carbocycles. The third-order valence-corrected chi connectivity index (χ3v) is 13.7. The number of aromatic nitrogens is 4. The fourth-order valence-electron chi connectivity index (χ4n) is 9.68. The van der Waals surface area contributed by atoms with Gasteiger partial charge < -0.3 is 25.6 Å². The molecule has 0 bridgehead atoms. The highest BCUT2D eigenvalue weighted by atomic mass is 16.6. The molecule has 10 rings (SSSR count). The monoisotopic (exact) mass is 1000 g/mol. The number of fused-ring (bicyclic) bond motifs is 2. The van der Waals surface area contributed by atoms with E-state index in [1.54, 1.807) is 28.3 Å². The molecule has 2 saturated heterocycles. The van der Waals surface area contributed by atoms with E-state index in [4.69, 9.17) is 14.7 Å². The molecule has 14 nitrogen and oxygen atoms in total. The van der Waals surface area contributed by atoms with Crippen molar-refractivity contribution < 1.29 is 19.1 Å². The Kier molecular flexibility index (Phi) is 16.4. The third-order valence-electron chi connectivity index (χ3n) is 13.7. The molecule has 75 heavy (non-hydrogen) atoms. The molecule has 6 aromatic carbocycles. The molecule has 2 aliphatic heterocycles. The van der Waals surface area contributed by atoms with Crippen molar-refractivity contribution >= 4 is 63.0 Å². The van der Waals surface area contributed by atoms with Crippen LogP contribution in [0, 0.1) is 0 Å². The standard InChI is InChI=1S/C33H37N5O3.C28H29N5O/c1-23(24-10-6-5-7-11-24)35-31-34-19-16-29(36-31)38(28-17-20-37(21-18-28)32(40)41-33(2,3)4)30(39)27-15-14-25-12-8-9-13-26(25)22-27;1-20(21-7-3-2-4-8-21)31-28-30-18-15-26(32-28)33(25-13-16-29-17-14-25)27(34)24-12-11-22-9-5-6-10-23(22)19-24/h5-16,19,22-23,28H,17-18,20-21H2,1-4H3,(H,34,35,36);2-12,15,18-20,25,29H,13-14,16-17H2,1H3,(H,30,31,32)/t23-;20-/m00/s1. The van der Waals surface area contributed by atoms with Crippen molar-refractivity contribution in [3.8, 4) is 0 Å². The quantitative estimate of drug-likeness (QED) is 0.107. The predicted octanol–water partition coefficient (Wildman–Crippen LogP) is 12.1. The maximum absolute atomic E-state index is 14.2. The number of nitrogens with zero attached hydrogens (tertiary/aromatic N) is 7. The number of nitrogens with one attached hydrogen (secondary N) is 3. The number of ether oxygens (including phenoxy) is 1. The number of benzene rings is 6. The molecule has 2 aliphatic rings. The molecule has 2 atom stereocenters. The Morgan fingerprint density at radius 2 is 0.973 bits per heavy atom. The van der Waals surface area contributed by atoms with Gasteiger partial charge in [-0.05, 0) is 142 Å². The van der Waals surface area contributed by atoms with Gasteiger partial charge in [0.05, 0.1) is 12.1 Å². The smallest absolute Gasteiger partial charge is 0.410 e. The summed E-state index contributed by atoms with van der Waals surface area (Å²) in [6.07, 6.45) is 6.05. The lowest BCUT2D eigenvalue weighted by Crippen LogP contribution is -2.50. The van der Waals surface area contributed by atoms with Gasteiger partial charge in [0.2, 0.25) is 11.9 Å². The fourth-order valence-corrected chi connectivity index (χ4v) is 9.68. The molecule has 4 heterocycles. The molecule has 0 unspecified atom stereocenters. The summed E-state index contributed by atoms with van der Waals surface area (Å²) < 4.78 is 5.58. The van der Waals surface area contributed by atoms with E-state index in [0.29, 0.717) is 60.6 Å². The molecule has 3 amide bonds. The van der Waals surface area contributed by atoms with E-state index >= 15 is 0 Å². The summed E-state index contributed by atoms with van der Waals surface area (Å²) in [6.45, 7) is 12.5. The molecule has 8 aromatic rings. The lowest BCUT2D eigenvalue weighted by Gasteiger charge is -2.38. The maximum atomic E-state index is 14.2. The van der Waals surface area contributed by atoms with Gasteiger partial charge in [-0.1, -0.05) is 121 Å². The zero-order valence-electron chi connectivity index (χ0n) is 43.4. The highest BCUT2D eigenvalue weighted by Crippen LogP contribution is 2.30. The Labute approximate surface area is 439 Å². The van der Waals surface area contributed by atoms with Gasteiger partial charge in [-0.2, -0.15) is 9.97 Å². The first-order valence-corrected chi connectivity index (χ1v) is 26.0. The van der Waals surface area contributed by atoms with E-state index in [1.807, 2.05) is 147 Å². The van der Waals surface area contributed by atoms with Crippen LogP contribution in [0.25, 0.3) is 21.5 Å². The Balaban J connectivity index is 0.000000187. The largest absolute Gasteiger partial charge is 0.444 e. The summed E-state index contributed by atoms with van der Waals surface area (Å²) in [6, 6.07) is 51.6. The number of anilines is 4. The Hall–Kier alpha value is -8.23. The molecule has 2 aromatic heterocycles. The van der Waals surface area contributed by atoms with Crippen LogP contribution in [0.1, 0.15) is 104 Å². The molecule has 2 fully saturated rings. The van der Waals surface area contributed by atoms with Crippen LogP contribution in [0.4, 0.5) is 28.3 Å². The Morgan fingerprint density at radius 3 is 1.41 bits per heavy atom. The summed E-state index contributed by atoms with van der Waals surface area (Å²) in [5, 5.41) is 14.4. The minimum Gasteiger partial charge on any atom is -0.444 e. The first-order valence-electron chi connectivity index (χ1n) is 26.0. The van der Waals surface area contributed by atoms with Crippen molar-refractivity contribution in [2.24, 2.45) is 0 Å². The van der Waals surface area contributed by atoms with Gasteiger partial charge in [-0.3, -0.25) is 19.4 Å². The highest BCUT2D eigenvalue weighted by Gasteiger charge is 2.34. The predicted molar refractivity (Wildman–Crippen MR) is 299 cm³/mol. The van der Waals surface area contributed by atoms with Gasteiger partial charge in [0.25, 0.3) is 11.8 Å². The van der Waals surface area contributed by atoms with Crippen LogP contribution in [-0.2, 0) is 4.74 Å². The molecule has 0 aliphatic carbocycles. The highest BCUT2D eigenvalue weighted by molar-refractivity contribution is 6.09. The second-order valence-corrected chi connectivity index (χ2v) is 20.2. The molecular weight excluding hydrogens is 937 g/mol. The average Bonchev–Trinajstić information content (AvgIpc) is 3.44. The number of likely N-dealkylation sites (tertiary alicyclic amines) is 1. The second kappa shape index (κ2) is 23.8. The van der Waals surface area contributed by atoms with Crippen LogP contribution < -0.4 is 25.8 Å². The van der Waals surface area contributed by atoms with Crippen molar-refractivity contribution in [2.45, 2.75) is 90.1 Å². The number of rotatable bonds is 12. The molecule has 14 heteroatoms. The van der Waals surface area contributed by atoms with Crippen molar-refractivity contribution in [2.75, 3.05) is 46.6 Å². The number of carbonyl (C=O) groups is 3. The molecule has 3 N–H and O–H groups in total. The minimum atomic E-state index is -0.562. The lowest BCUT2D eigenvalue weighted by molar-refractivity contribution is 0.0205. The zero-order valence-corrected chi connectivity index (χ0v) is 43.4. The average molecular weight is 1000 g/mol. The van der Waals surface area contributed by atoms with E-state index in [1.165, 1.54) is 0 Å². The number of hydrogen-bond acceptors (Lipinski definition) is 11.